The summed E-state index contributed by atoms with van der Waals surface area (Å²) in [5.41, 5.74) is 3.88. The molecular weight excluding hydrogens is 372 g/mol. The predicted molar refractivity (Wildman–Crippen MR) is 119 cm³/mol. The van der Waals surface area contributed by atoms with Crippen LogP contribution < -0.4 is 0 Å². The van der Waals surface area contributed by atoms with Crippen molar-refractivity contribution in [3.05, 3.63) is 94.1 Å². The van der Waals surface area contributed by atoms with Gasteiger partial charge in [0.1, 0.15) is 0 Å². The fourth-order valence-electron chi connectivity index (χ4n) is 4.46. The number of ketones is 1. The number of aliphatic hydroxyl groups is 2. The number of benzene rings is 2. The maximum Gasteiger partial charge on any atom is 0.193 e. The number of hydrogen-bond donors (Lipinski definition) is 2. The van der Waals surface area contributed by atoms with Crippen LogP contribution in [0.4, 0.5) is 0 Å². The number of carbonyl (C=O) groups excluding carboxylic acids is 1. The van der Waals surface area contributed by atoms with Gasteiger partial charge in [-0.25, -0.2) is 0 Å². The third-order valence-corrected chi connectivity index (χ3v) is 6.81. The summed E-state index contributed by atoms with van der Waals surface area (Å²) >= 11 is 0. The summed E-state index contributed by atoms with van der Waals surface area (Å²) in [4.78, 5) is 12.9. The standard InChI is InChI=1S/C27H30O3/c1-19-11-15-26(29,16-12-19)23-7-3-21(4-8-23)25(28)22-5-9-24(10-6-22)27(30)17-13-20(2)14-18-27/h3-11,13,29-30H,12,14-18H2,1-2H3. The largest absolute Gasteiger partial charge is 0.385 e. The summed E-state index contributed by atoms with van der Waals surface area (Å²) < 4.78 is 0. The Balaban J connectivity index is 1.50. The van der Waals surface area contributed by atoms with Gasteiger partial charge >= 0.3 is 0 Å². The molecule has 2 atom stereocenters. The molecule has 0 aromatic heterocycles. The van der Waals surface area contributed by atoms with E-state index in [9.17, 15) is 15.0 Å². The van der Waals surface area contributed by atoms with Gasteiger partial charge in [-0.1, -0.05) is 71.8 Å². The van der Waals surface area contributed by atoms with Crippen LogP contribution in [0.25, 0.3) is 0 Å². The molecule has 0 heterocycles. The van der Waals surface area contributed by atoms with Gasteiger partial charge in [0.05, 0.1) is 11.2 Å². The minimum absolute atomic E-state index is 0.0501. The van der Waals surface area contributed by atoms with Gasteiger partial charge in [0, 0.05) is 11.1 Å². The van der Waals surface area contributed by atoms with Crippen molar-refractivity contribution in [3.63, 3.8) is 0 Å². The maximum absolute atomic E-state index is 12.9. The SMILES string of the molecule is CC1=CCC(O)(c2ccc(C(=O)c3ccc(C4(O)CC=C(C)CC4)cc3)cc2)CC1. The molecule has 2 aromatic carbocycles. The van der Waals surface area contributed by atoms with E-state index in [1.165, 1.54) is 11.1 Å². The van der Waals surface area contributed by atoms with E-state index >= 15 is 0 Å². The molecule has 0 amide bonds. The molecule has 30 heavy (non-hydrogen) atoms. The first-order valence-corrected chi connectivity index (χ1v) is 10.8. The third kappa shape index (κ3) is 4.05. The van der Waals surface area contributed by atoms with Gasteiger partial charge in [-0.05, 0) is 63.5 Å². The van der Waals surface area contributed by atoms with Gasteiger partial charge in [0.15, 0.2) is 5.78 Å². The Labute approximate surface area is 178 Å². The predicted octanol–water partition coefficient (Wildman–Crippen LogP) is 5.55. The molecule has 0 saturated heterocycles. The van der Waals surface area contributed by atoms with Crippen LogP contribution in [0.2, 0.25) is 0 Å². The summed E-state index contributed by atoms with van der Waals surface area (Å²) in [6, 6.07) is 14.7. The second-order valence-corrected chi connectivity index (χ2v) is 9.06. The number of rotatable bonds is 4. The Hall–Kier alpha value is -2.49. The van der Waals surface area contributed by atoms with Crippen molar-refractivity contribution in [2.75, 3.05) is 0 Å². The number of allylic oxidation sites excluding steroid dienone is 2. The van der Waals surface area contributed by atoms with Crippen molar-refractivity contribution in [1.29, 1.82) is 0 Å². The minimum atomic E-state index is -0.842. The molecule has 0 radical (unpaired) electrons. The van der Waals surface area contributed by atoms with Gasteiger partial charge < -0.3 is 10.2 Å². The molecule has 2 N–H and O–H groups in total. The van der Waals surface area contributed by atoms with E-state index in [4.69, 9.17) is 0 Å². The highest BCUT2D eigenvalue weighted by atomic mass is 16.3. The van der Waals surface area contributed by atoms with E-state index in [1.807, 2.05) is 24.3 Å². The first-order valence-electron chi connectivity index (χ1n) is 10.8. The molecule has 2 aliphatic rings. The lowest BCUT2D eigenvalue weighted by molar-refractivity contribution is 0.0256. The molecule has 0 spiro atoms. The zero-order chi connectivity index (χ0) is 21.4. The Morgan fingerprint density at radius 3 is 1.37 bits per heavy atom. The minimum Gasteiger partial charge on any atom is -0.385 e. The molecular formula is C27H30O3. The Bertz CT molecular complexity index is 916. The highest BCUT2D eigenvalue weighted by Gasteiger charge is 2.31. The average Bonchev–Trinajstić information content (AvgIpc) is 2.78. The van der Waals surface area contributed by atoms with Crippen molar-refractivity contribution in [2.45, 2.75) is 63.6 Å². The van der Waals surface area contributed by atoms with Crippen LogP contribution in [0.15, 0.2) is 71.8 Å². The van der Waals surface area contributed by atoms with Crippen LogP contribution in [-0.4, -0.2) is 16.0 Å². The average molecular weight is 403 g/mol. The quantitative estimate of drug-likeness (QED) is 0.520. The van der Waals surface area contributed by atoms with Gasteiger partial charge in [-0.3, -0.25) is 4.79 Å². The van der Waals surface area contributed by atoms with Crippen molar-refractivity contribution < 1.29 is 15.0 Å². The first kappa shape index (κ1) is 20.8. The second-order valence-electron chi connectivity index (χ2n) is 9.06. The molecule has 2 unspecified atom stereocenters. The third-order valence-electron chi connectivity index (χ3n) is 6.81. The number of hydrogen-bond acceptors (Lipinski definition) is 3. The molecule has 0 fully saturated rings. The lowest BCUT2D eigenvalue weighted by Gasteiger charge is -2.31. The Morgan fingerprint density at radius 2 is 1.07 bits per heavy atom. The highest BCUT2D eigenvalue weighted by molar-refractivity contribution is 6.09. The lowest BCUT2D eigenvalue weighted by Crippen LogP contribution is -2.27. The smallest absolute Gasteiger partial charge is 0.193 e. The van der Waals surface area contributed by atoms with Crippen LogP contribution in [-0.2, 0) is 11.2 Å². The lowest BCUT2D eigenvalue weighted by atomic mass is 9.80. The highest BCUT2D eigenvalue weighted by Crippen LogP contribution is 2.37. The van der Waals surface area contributed by atoms with E-state index < -0.39 is 11.2 Å². The van der Waals surface area contributed by atoms with E-state index in [1.54, 1.807) is 24.3 Å². The second kappa shape index (κ2) is 7.98. The fourth-order valence-corrected chi connectivity index (χ4v) is 4.46. The maximum atomic E-state index is 12.9. The van der Waals surface area contributed by atoms with Crippen molar-refractivity contribution >= 4 is 5.78 Å². The summed E-state index contributed by atoms with van der Waals surface area (Å²) in [5.74, 6) is -0.0501. The molecule has 156 valence electrons. The monoisotopic (exact) mass is 402 g/mol. The molecule has 3 heteroatoms. The van der Waals surface area contributed by atoms with E-state index in [-0.39, 0.29) is 5.78 Å². The summed E-state index contributed by atoms with van der Waals surface area (Å²) in [6.45, 7) is 4.19. The van der Waals surface area contributed by atoms with Gasteiger partial charge in [-0.15, -0.1) is 0 Å². The molecule has 2 aromatic rings. The van der Waals surface area contributed by atoms with E-state index in [0.717, 1.165) is 24.0 Å². The van der Waals surface area contributed by atoms with Crippen molar-refractivity contribution in [2.24, 2.45) is 0 Å². The molecule has 2 aliphatic carbocycles. The van der Waals surface area contributed by atoms with Crippen LogP contribution in [0.3, 0.4) is 0 Å². The summed E-state index contributed by atoms with van der Waals surface area (Å²) in [6.07, 6.45) is 8.64. The van der Waals surface area contributed by atoms with Crippen LogP contribution in [0, 0.1) is 0 Å². The zero-order valence-corrected chi connectivity index (χ0v) is 17.8. The molecule has 0 saturated carbocycles. The molecule has 4 rings (SSSR count). The van der Waals surface area contributed by atoms with E-state index in [2.05, 4.69) is 26.0 Å². The van der Waals surface area contributed by atoms with Crippen molar-refractivity contribution in [3.8, 4) is 0 Å². The van der Waals surface area contributed by atoms with Gasteiger partial charge in [0.2, 0.25) is 0 Å². The van der Waals surface area contributed by atoms with E-state index in [0.29, 0.717) is 36.8 Å². The topological polar surface area (TPSA) is 57.5 Å². The Kier molecular flexibility index (Phi) is 5.52. The fraction of sp³-hybridized carbons (Fsp3) is 0.370. The summed E-state index contributed by atoms with van der Waals surface area (Å²) in [5, 5.41) is 21.9. The first-order chi connectivity index (χ1) is 14.3. The molecule has 0 aliphatic heterocycles. The molecule has 3 nitrogen and oxygen atoms in total. The van der Waals surface area contributed by atoms with Gasteiger partial charge in [-0.2, -0.15) is 0 Å². The van der Waals surface area contributed by atoms with Crippen LogP contribution in [0.5, 0.6) is 0 Å². The van der Waals surface area contributed by atoms with Gasteiger partial charge in [0.25, 0.3) is 0 Å². The van der Waals surface area contributed by atoms with Crippen LogP contribution in [0.1, 0.15) is 79.4 Å². The Morgan fingerprint density at radius 1 is 0.700 bits per heavy atom. The molecule has 0 bridgehead atoms. The van der Waals surface area contributed by atoms with Crippen molar-refractivity contribution in [1.82, 2.24) is 0 Å². The summed E-state index contributed by atoms with van der Waals surface area (Å²) in [7, 11) is 0. The van der Waals surface area contributed by atoms with Crippen LogP contribution >= 0.6 is 0 Å². The number of carbonyl (C=O) groups is 1. The zero-order valence-electron chi connectivity index (χ0n) is 17.8. The normalized spacial score (nSPS) is 26.7.